The van der Waals surface area contributed by atoms with Crippen molar-refractivity contribution in [3.8, 4) is 0 Å². The molecule has 0 spiro atoms. The number of ether oxygens (including phenoxy) is 2. The minimum Gasteiger partial charge on any atom is -0.432 e. The van der Waals surface area contributed by atoms with Crippen LogP contribution in [0.4, 0.5) is 4.79 Å². The van der Waals surface area contributed by atoms with Crippen LogP contribution in [0.1, 0.15) is 34.1 Å². The van der Waals surface area contributed by atoms with E-state index in [1.54, 1.807) is 13.8 Å². The molecule has 0 amide bonds. The van der Waals surface area contributed by atoms with Crippen LogP contribution in [0.25, 0.3) is 0 Å². The van der Waals surface area contributed by atoms with E-state index in [1.165, 1.54) is 0 Å². The molecule has 1 atom stereocenters. The lowest BCUT2D eigenvalue weighted by Crippen LogP contribution is -2.18. The lowest BCUT2D eigenvalue weighted by Gasteiger charge is -2.12. The first-order valence-electron chi connectivity index (χ1n) is 3.93. The van der Waals surface area contributed by atoms with Crippen molar-refractivity contribution in [2.24, 2.45) is 0 Å². The Labute approximate surface area is 67.7 Å². The van der Waals surface area contributed by atoms with Gasteiger partial charge in [0.1, 0.15) is 6.10 Å². The summed E-state index contributed by atoms with van der Waals surface area (Å²) in [6.45, 7) is 7.37. The third-order valence-corrected chi connectivity index (χ3v) is 1.20. The van der Waals surface area contributed by atoms with E-state index in [1.807, 2.05) is 13.8 Å². The third kappa shape index (κ3) is 5.70. The highest BCUT2D eigenvalue weighted by atomic mass is 16.7. The maximum atomic E-state index is 10.8. The summed E-state index contributed by atoms with van der Waals surface area (Å²) in [6.07, 6.45) is 0.0786. The second-order valence-corrected chi connectivity index (χ2v) is 2.75. The van der Waals surface area contributed by atoms with Gasteiger partial charge >= 0.3 is 6.16 Å². The lowest BCUT2D eigenvalue weighted by molar-refractivity contribution is 0.0112. The molecule has 0 aromatic carbocycles. The Hall–Kier alpha value is -0.730. The molecule has 3 heteroatoms. The number of carbonyl (C=O) groups excluding carboxylic acids is 1. The molecule has 66 valence electrons. The van der Waals surface area contributed by atoms with Crippen LogP contribution in [0.15, 0.2) is 0 Å². The Morgan fingerprint density at radius 3 is 2.18 bits per heavy atom. The Morgan fingerprint density at radius 1 is 1.27 bits per heavy atom. The predicted octanol–water partition coefficient (Wildman–Crippen LogP) is 2.35. The lowest BCUT2D eigenvalue weighted by atomic mass is 10.3. The van der Waals surface area contributed by atoms with Gasteiger partial charge < -0.3 is 9.47 Å². The van der Waals surface area contributed by atoms with Gasteiger partial charge in [-0.15, -0.1) is 0 Å². The van der Waals surface area contributed by atoms with Crippen molar-refractivity contribution in [2.75, 3.05) is 0 Å². The molecule has 0 aliphatic heterocycles. The molecule has 3 nitrogen and oxygen atoms in total. The van der Waals surface area contributed by atoms with Gasteiger partial charge in [-0.25, -0.2) is 4.79 Å². The van der Waals surface area contributed by atoms with Crippen LogP contribution in [0.5, 0.6) is 0 Å². The summed E-state index contributed by atoms with van der Waals surface area (Å²) in [7, 11) is 0. The molecule has 0 N–H and O–H groups in total. The number of carbonyl (C=O) groups is 1. The summed E-state index contributed by atoms with van der Waals surface area (Å²) >= 11 is 0. The molecule has 0 rings (SSSR count). The van der Waals surface area contributed by atoms with Crippen LogP contribution >= 0.6 is 0 Å². The fourth-order valence-electron chi connectivity index (χ4n) is 0.468. The third-order valence-electron chi connectivity index (χ3n) is 1.20. The van der Waals surface area contributed by atoms with E-state index in [9.17, 15) is 4.79 Å². The normalized spacial score (nSPS) is 12.8. The zero-order valence-corrected chi connectivity index (χ0v) is 7.59. The van der Waals surface area contributed by atoms with E-state index in [2.05, 4.69) is 0 Å². The highest BCUT2D eigenvalue weighted by Gasteiger charge is 2.09. The zero-order chi connectivity index (χ0) is 8.85. The largest absolute Gasteiger partial charge is 0.508 e. The van der Waals surface area contributed by atoms with E-state index in [0.29, 0.717) is 0 Å². The summed E-state index contributed by atoms with van der Waals surface area (Å²) in [5, 5.41) is 0. The van der Waals surface area contributed by atoms with Crippen LogP contribution in [0.3, 0.4) is 0 Å². The fourth-order valence-corrected chi connectivity index (χ4v) is 0.468. The average Bonchev–Trinajstić information content (AvgIpc) is 1.85. The Bertz CT molecular complexity index is 121. The molecule has 0 fully saturated rings. The number of hydrogen-bond donors (Lipinski definition) is 0. The molecule has 0 aromatic rings. The summed E-state index contributed by atoms with van der Waals surface area (Å²) in [6, 6.07) is 0. The van der Waals surface area contributed by atoms with Gasteiger partial charge in [0.05, 0.1) is 6.10 Å². The number of rotatable bonds is 3. The minimum absolute atomic E-state index is 0.0544. The SMILES string of the molecule is CC[C@H](C)OC(=O)OC(C)C. The Balaban J connectivity index is 3.52. The van der Waals surface area contributed by atoms with Gasteiger partial charge in [-0.3, -0.25) is 0 Å². The van der Waals surface area contributed by atoms with Gasteiger partial charge in [-0.2, -0.15) is 0 Å². The van der Waals surface area contributed by atoms with Crippen LogP contribution in [0, 0.1) is 0 Å². The maximum absolute atomic E-state index is 10.8. The average molecular weight is 160 g/mol. The van der Waals surface area contributed by atoms with Gasteiger partial charge in [-0.1, -0.05) is 6.92 Å². The van der Waals surface area contributed by atoms with E-state index in [-0.39, 0.29) is 12.2 Å². The molecule has 0 saturated heterocycles. The molecule has 0 unspecified atom stereocenters. The second kappa shape index (κ2) is 4.99. The van der Waals surface area contributed by atoms with Crippen molar-refractivity contribution in [1.82, 2.24) is 0 Å². The Kier molecular flexibility index (Phi) is 4.66. The van der Waals surface area contributed by atoms with Gasteiger partial charge in [0.15, 0.2) is 0 Å². The maximum Gasteiger partial charge on any atom is 0.508 e. The van der Waals surface area contributed by atoms with Gasteiger partial charge in [-0.05, 0) is 27.2 Å². The standard InChI is InChI=1S/C8H16O3/c1-5-7(4)11-8(9)10-6(2)3/h6-7H,5H2,1-4H3/t7-/m0/s1. The monoisotopic (exact) mass is 160 g/mol. The highest BCUT2D eigenvalue weighted by Crippen LogP contribution is 2.00. The topological polar surface area (TPSA) is 35.5 Å². The smallest absolute Gasteiger partial charge is 0.432 e. The van der Waals surface area contributed by atoms with Crippen LogP contribution in [-0.4, -0.2) is 18.4 Å². The van der Waals surface area contributed by atoms with Crippen molar-refractivity contribution < 1.29 is 14.3 Å². The Morgan fingerprint density at radius 2 is 1.82 bits per heavy atom. The summed E-state index contributed by atoms with van der Waals surface area (Å²) in [4.78, 5) is 10.8. The van der Waals surface area contributed by atoms with E-state index in [4.69, 9.17) is 9.47 Å². The van der Waals surface area contributed by atoms with Crippen molar-refractivity contribution in [2.45, 2.75) is 46.3 Å². The molecule has 0 aliphatic carbocycles. The molecule has 0 saturated carbocycles. The second-order valence-electron chi connectivity index (χ2n) is 2.75. The number of hydrogen-bond acceptors (Lipinski definition) is 3. The molecule has 11 heavy (non-hydrogen) atoms. The molecule has 0 heterocycles. The van der Waals surface area contributed by atoms with Crippen LogP contribution < -0.4 is 0 Å². The van der Waals surface area contributed by atoms with Crippen molar-refractivity contribution >= 4 is 6.16 Å². The molecular formula is C8H16O3. The van der Waals surface area contributed by atoms with Crippen molar-refractivity contribution in [3.05, 3.63) is 0 Å². The molecule has 0 aliphatic rings. The molecule has 0 radical (unpaired) electrons. The van der Waals surface area contributed by atoms with Crippen molar-refractivity contribution in [3.63, 3.8) is 0 Å². The summed E-state index contributed by atoms with van der Waals surface area (Å²) in [5.41, 5.74) is 0. The van der Waals surface area contributed by atoms with Crippen LogP contribution in [-0.2, 0) is 9.47 Å². The summed E-state index contributed by atoms with van der Waals surface area (Å²) < 4.78 is 9.61. The van der Waals surface area contributed by atoms with Gasteiger partial charge in [0.25, 0.3) is 0 Å². The zero-order valence-electron chi connectivity index (χ0n) is 7.59. The van der Waals surface area contributed by atoms with Gasteiger partial charge in [0.2, 0.25) is 0 Å². The highest BCUT2D eigenvalue weighted by molar-refractivity contribution is 5.60. The van der Waals surface area contributed by atoms with Crippen LogP contribution in [0.2, 0.25) is 0 Å². The predicted molar refractivity (Wildman–Crippen MR) is 42.5 cm³/mol. The fraction of sp³-hybridized carbons (Fsp3) is 0.875. The first kappa shape index (κ1) is 10.3. The van der Waals surface area contributed by atoms with Gasteiger partial charge in [0, 0.05) is 0 Å². The van der Waals surface area contributed by atoms with Crippen molar-refractivity contribution in [1.29, 1.82) is 0 Å². The molecular weight excluding hydrogens is 144 g/mol. The van der Waals surface area contributed by atoms with E-state index in [0.717, 1.165) is 6.42 Å². The summed E-state index contributed by atoms with van der Waals surface area (Å²) in [5.74, 6) is 0. The minimum atomic E-state index is -0.575. The first-order chi connectivity index (χ1) is 5.06. The van der Waals surface area contributed by atoms with E-state index >= 15 is 0 Å². The first-order valence-corrected chi connectivity index (χ1v) is 3.93. The quantitative estimate of drug-likeness (QED) is 0.594. The molecule has 0 aromatic heterocycles. The molecule has 0 bridgehead atoms. The van der Waals surface area contributed by atoms with E-state index < -0.39 is 6.16 Å².